The van der Waals surface area contributed by atoms with Gasteiger partial charge in [-0.1, -0.05) is 12.8 Å². The molecule has 0 amide bonds. The van der Waals surface area contributed by atoms with Gasteiger partial charge in [0.05, 0.1) is 17.4 Å². The molecule has 0 heterocycles. The van der Waals surface area contributed by atoms with Gasteiger partial charge in [0.2, 0.25) is 0 Å². The molecular weight excluding hydrogens is 237 g/mol. The normalized spacial score (nSPS) is 17.9. The smallest absolute Gasteiger partial charge is 0.127 e. The van der Waals surface area contributed by atoms with Gasteiger partial charge in [0.1, 0.15) is 5.82 Å². The summed E-state index contributed by atoms with van der Waals surface area (Å²) in [6.45, 7) is 0. The second-order valence-electron chi connectivity index (χ2n) is 4.35. The van der Waals surface area contributed by atoms with Crippen LogP contribution < -0.4 is 0 Å². The lowest BCUT2D eigenvalue weighted by molar-refractivity contribution is 0.614. The van der Waals surface area contributed by atoms with Gasteiger partial charge in [-0.2, -0.15) is 5.26 Å². The molecule has 90 valence electrons. The van der Waals surface area contributed by atoms with E-state index in [2.05, 4.69) is 0 Å². The SMILES string of the molecule is N#Cc1ccc(F)c(CS(=O)C2CCCC2)c1. The van der Waals surface area contributed by atoms with Gasteiger partial charge in [0, 0.05) is 21.6 Å². The van der Waals surface area contributed by atoms with E-state index in [-0.39, 0.29) is 16.8 Å². The van der Waals surface area contributed by atoms with Crippen LogP contribution in [0.3, 0.4) is 0 Å². The second-order valence-corrected chi connectivity index (χ2v) is 6.07. The molecule has 0 aliphatic heterocycles. The largest absolute Gasteiger partial charge is 0.259 e. The molecule has 1 aromatic rings. The molecule has 2 nitrogen and oxygen atoms in total. The number of benzene rings is 1. The maximum absolute atomic E-state index is 13.5. The zero-order valence-corrected chi connectivity index (χ0v) is 10.3. The van der Waals surface area contributed by atoms with Crippen LogP contribution in [-0.4, -0.2) is 9.46 Å². The first-order valence-corrected chi connectivity index (χ1v) is 7.14. The van der Waals surface area contributed by atoms with Crippen LogP contribution in [0.2, 0.25) is 0 Å². The Labute approximate surface area is 103 Å². The van der Waals surface area contributed by atoms with Crippen molar-refractivity contribution < 1.29 is 8.60 Å². The first kappa shape index (κ1) is 12.3. The van der Waals surface area contributed by atoms with Crippen molar-refractivity contribution in [3.63, 3.8) is 0 Å². The summed E-state index contributed by atoms with van der Waals surface area (Å²) in [6, 6.07) is 6.19. The Morgan fingerprint density at radius 3 is 2.76 bits per heavy atom. The highest BCUT2D eigenvalue weighted by Crippen LogP contribution is 2.25. The fraction of sp³-hybridized carbons (Fsp3) is 0.462. The monoisotopic (exact) mass is 251 g/mol. The topological polar surface area (TPSA) is 40.9 Å². The summed E-state index contributed by atoms with van der Waals surface area (Å²) in [7, 11) is -1.02. The summed E-state index contributed by atoms with van der Waals surface area (Å²) < 4.78 is 25.5. The van der Waals surface area contributed by atoms with E-state index in [9.17, 15) is 8.60 Å². The summed E-state index contributed by atoms with van der Waals surface area (Å²) in [6.07, 6.45) is 4.20. The third-order valence-corrected chi connectivity index (χ3v) is 4.96. The van der Waals surface area contributed by atoms with E-state index in [0.717, 1.165) is 25.7 Å². The number of rotatable bonds is 3. The molecule has 0 saturated heterocycles. The average molecular weight is 251 g/mol. The highest BCUT2D eigenvalue weighted by molar-refractivity contribution is 7.84. The van der Waals surface area contributed by atoms with Crippen molar-refractivity contribution in [3.8, 4) is 6.07 Å². The Balaban J connectivity index is 2.12. The minimum absolute atomic E-state index is 0.208. The van der Waals surface area contributed by atoms with Crippen molar-refractivity contribution in [1.82, 2.24) is 0 Å². The molecule has 4 heteroatoms. The summed E-state index contributed by atoms with van der Waals surface area (Å²) >= 11 is 0. The van der Waals surface area contributed by atoms with E-state index in [1.54, 1.807) is 0 Å². The predicted octanol–water partition coefficient (Wildman–Crippen LogP) is 2.89. The van der Waals surface area contributed by atoms with Gasteiger partial charge in [-0.25, -0.2) is 4.39 Å². The Hall–Kier alpha value is -1.21. The van der Waals surface area contributed by atoms with Crippen molar-refractivity contribution in [2.45, 2.75) is 36.7 Å². The van der Waals surface area contributed by atoms with E-state index >= 15 is 0 Å². The molecular formula is C13H14FNOS. The van der Waals surface area contributed by atoms with Gasteiger partial charge >= 0.3 is 0 Å². The summed E-state index contributed by atoms with van der Waals surface area (Å²) in [5.74, 6) is -0.137. The number of halogens is 1. The first-order chi connectivity index (χ1) is 8.20. The van der Waals surface area contributed by atoms with Gasteiger partial charge in [-0.15, -0.1) is 0 Å². The molecule has 1 aromatic carbocycles. The molecule has 1 atom stereocenters. The molecule has 0 spiro atoms. The molecule has 0 radical (unpaired) electrons. The Morgan fingerprint density at radius 2 is 2.12 bits per heavy atom. The Morgan fingerprint density at radius 1 is 1.41 bits per heavy atom. The van der Waals surface area contributed by atoms with Crippen molar-refractivity contribution in [1.29, 1.82) is 5.26 Å². The van der Waals surface area contributed by atoms with Crippen LogP contribution in [-0.2, 0) is 16.6 Å². The van der Waals surface area contributed by atoms with E-state index in [1.165, 1.54) is 18.2 Å². The molecule has 1 saturated carbocycles. The summed E-state index contributed by atoms with van der Waals surface area (Å²) in [4.78, 5) is 0. The van der Waals surface area contributed by atoms with Crippen molar-refractivity contribution in [2.24, 2.45) is 0 Å². The van der Waals surface area contributed by atoms with Crippen LogP contribution in [0.5, 0.6) is 0 Å². The number of hydrogen-bond acceptors (Lipinski definition) is 2. The van der Waals surface area contributed by atoms with Gasteiger partial charge in [-0.05, 0) is 31.0 Å². The fourth-order valence-electron chi connectivity index (χ4n) is 2.18. The van der Waals surface area contributed by atoms with Crippen LogP contribution in [0, 0.1) is 17.1 Å². The average Bonchev–Trinajstić information content (AvgIpc) is 2.85. The van der Waals surface area contributed by atoms with E-state index in [0.29, 0.717) is 11.1 Å². The van der Waals surface area contributed by atoms with E-state index in [1.807, 2.05) is 6.07 Å². The number of hydrogen-bond donors (Lipinski definition) is 0. The lowest BCUT2D eigenvalue weighted by Crippen LogP contribution is -2.13. The highest BCUT2D eigenvalue weighted by Gasteiger charge is 2.22. The van der Waals surface area contributed by atoms with Crippen molar-refractivity contribution >= 4 is 10.8 Å². The third kappa shape index (κ3) is 2.92. The molecule has 0 aromatic heterocycles. The lowest BCUT2D eigenvalue weighted by Gasteiger charge is -2.09. The second kappa shape index (κ2) is 5.42. The first-order valence-electron chi connectivity index (χ1n) is 5.76. The van der Waals surface area contributed by atoms with Crippen LogP contribution >= 0.6 is 0 Å². The van der Waals surface area contributed by atoms with Crippen LogP contribution in [0.25, 0.3) is 0 Å². The van der Waals surface area contributed by atoms with Gasteiger partial charge in [-0.3, -0.25) is 4.21 Å². The molecule has 17 heavy (non-hydrogen) atoms. The quantitative estimate of drug-likeness (QED) is 0.828. The molecule has 0 bridgehead atoms. The maximum atomic E-state index is 13.5. The standard InChI is InChI=1S/C13H14FNOS/c14-13-6-5-10(8-15)7-11(13)9-17(16)12-3-1-2-4-12/h5-7,12H,1-4,9H2. The summed E-state index contributed by atoms with van der Waals surface area (Å²) in [5.41, 5.74) is 0.819. The molecule has 1 aliphatic rings. The third-order valence-electron chi connectivity index (χ3n) is 3.15. The number of nitriles is 1. The van der Waals surface area contributed by atoms with Gasteiger partial charge in [0.15, 0.2) is 0 Å². The van der Waals surface area contributed by atoms with Crippen molar-refractivity contribution in [2.75, 3.05) is 0 Å². The zero-order chi connectivity index (χ0) is 12.3. The minimum atomic E-state index is -1.02. The number of nitrogens with zero attached hydrogens (tertiary/aromatic N) is 1. The van der Waals surface area contributed by atoms with E-state index < -0.39 is 10.8 Å². The molecule has 2 rings (SSSR count). The van der Waals surface area contributed by atoms with Crippen LogP contribution in [0.1, 0.15) is 36.8 Å². The van der Waals surface area contributed by atoms with E-state index in [4.69, 9.17) is 5.26 Å². The Kier molecular flexibility index (Phi) is 3.90. The van der Waals surface area contributed by atoms with Gasteiger partial charge < -0.3 is 0 Å². The van der Waals surface area contributed by atoms with Crippen molar-refractivity contribution in [3.05, 3.63) is 35.1 Å². The lowest BCUT2D eigenvalue weighted by atomic mass is 10.1. The molecule has 0 N–H and O–H groups in total. The fourth-order valence-corrected chi connectivity index (χ4v) is 3.80. The minimum Gasteiger partial charge on any atom is -0.259 e. The zero-order valence-electron chi connectivity index (χ0n) is 9.49. The molecule has 1 fully saturated rings. The molecule has 1 unspecified atom stereocenters. The predicted molar refractivity (Wildman–Crippen MR) is 65.2 cm³/mol. The van der Waals surface area contributed by atoms with Crippen LogP contribution in [0.15, 0.2) is 18.2 Å². The summed E-state index contributed by atoms with van der Waals surface area (Å²) in [5, 5.41) is 8.96. The molecule has 1 aliphatic carbocycles. The van der Waals surface area contributed by atoms with Gasteiger partial charge in [0.25, 0.3) is 0 Å². The Bertz CT molecular complexity index is 475. The van der Waals surface area contributed by atoms with Crippen LogP contribution in [0.4, 0.5) is 4.39 Å². The maximum Gasteiger partial charge on any atom is 0.127 e. The highest BCUT2D eigenvalue weighted by atomic mass is 32.2.